The first kappa shape index (κ1) is 16.2. The van der Waals surface area contributed by atoms with Gasteiger partial charge in [-0.2, -0.15) is 0 Å². The number of nitrogens with zero attached hydrogens (tertiary/aromatic N) is 1. The molecule has 0 unspecified atom stereocenters. The first-order valence-electron chi connectivity index (χ1n) is 6.39. The molecule has 7 heteroatoms. The highest BCUT2D eigenvalue weighted by atomic mass is 127. The molecule has 2 aromatic rings. The van der Waals surface area contributed by atoms with E-state index in [9.17, 15) is 14.9 Å². The van der Waals surface area contributed by atoms with E-state index < -0.39 is 4.92 Å². The van der Waals surface area contributed by atoms with E-state index in [4.69, 9.17) is 4.74 Å². The molecule has 6 nitrogen and oxygen atoms in total. The van der Waals surface area contributed by atoms with Gasteiger partial charge in [0.2, 0.25) is 0 Å². The summed E-state index contributed by atoms with van der Waals surface area (Å²) < 4.78 is 6.31. The number of hydrogen-bond donors (Lipinski definition) is 1. The van der Waals surface area contributed by atoms with Crippen molar-refractivity contribution in [2.45, 2.75) is 6.92 Å². The van der Waals surface area contributed by atoms with Crippen molar-refractivity contribution >= 4 is 39.9 Å². The van der Waals surface area contributed by atoms with E-state index in [0.717, 1.165) is 9.13 Å². The van der Waals surface area contributed by atoms with Gasteiger partial charge < -0.3 is 10.1 Å². The van der Waals surface area contributed by atoms with E-state index in [-0.39, 0.29) is 24.0 Å². The summed E-state index contributed by atoms with van der Waals surface area (Å²) in [4.78, 5) is 22.2. The second kappa shape index (κ2) is 7.21. The highest BCUT2D eigenvalue weighted by Gasteiger charge is 2.15. The van der Waals surface area contributed by atoms with Crippen molar-refractivity contribution in [3.63, 3.8) is 0 Å². The van der Waals surface area contributed by atoms with Crippen molar-refractivity contribution in [3.05, 3.63) is 61.7 Å². The highest BCUT2D eigenvalue weighted by Crippen LogP contribution is 2.25. The van der Waals surface area contributed by atoms with Gasteiger partial charge >= 0.3 is 5.69 Å². The quantitative estimate of drug-likeness (QED) is 0.463. The zero-order chi connectivity index (χ0) is 16.1. The van der Waals surface area contributed by atoms with Gasteiger partial charge in [-0.1, -0.05) is 12.1 Å². The van der Waals surface area contributed by atoms with E-state index in [0.29, 0.717) is 5.69 Å². The third-order valence-corrected chi connectivity index (χ3v) is 3.55. The number of amides is 1. The Labute approximate surface area is 140 Å². The Morgan fingerprint density at radius 2 is 2.05 bits per heavy atom. The van der Waals surface area contributed by atoms with Crippen LogP contribution in [0.1, 0.15) is 5.56 Å². The van der Waals surface area contributed by atoms with Crippen LogP contribution < -0.4 is 10.1 Å². The number of hydrogen-bond acceptors (Lipinski definition) is 4. The normalized spacial score (nSPS) is 10.1. The minimum atomic E-state index is -0.545. The van der Waals surface area contributed by atoms with Crippen molar-refractivity contribution < 1.29 is 14.5 Å². The zero-order valence-electron chi connectivity index (χ0n) is 11.7. The maximum atomic E-state index is 11.9. The van der Waals surface area contributed by atoms with Gasteiger partial charge in [0, 0.05) is 15.3 Å². The molecule has 0 aliphatic heterocycles. The minimum Gasteiger partial charge on any atom is -0.477 e. The maximum Gasteiger partial charge on any atom is 0.310 e. The van der Waals surface area contributed by atoms with Crippen LogP contribution in [0.5, 0.6) is 5.75 Å². The monoisotopic (exact) mass is 412 g/mol. The molecule has 1 amide bonds. The molecule has 0 heterocycles. The average Bonchev–Trinajstić information content (AvgIpc) is 2.48. The van der Waals surface area contributed by atoms with Crippen LogP contribution in [-0.4, -0.2) is 17.4 Å². The van der Waals surface area contributed by atoms with Crippen LogP contribution >= 0.6 is 22.6 Å². The van der Waals surface area contributed by atoms with Crippen LogP contribution in [0.3, 0.4) is 0 Å². The summed E-state index contributed by atoms with van der Waals surface area (Å²) in [6.45, 7) is 1.59. The predicted molar refractivity (Wildman–Crippen MR) is 91.1 cm³/mol. The van der Waals surface area contributed by atoms with Gasteiger partial charge in [-0.05, 0) is 59.3 Å². The lowest BCUT2D eigenvalue weighted by molar-refractivity contribution is -0.385. The molecule has 2 aromatic carbocycles. The van der Waals surface area contributed by atoms with Gasteiger partial charge in [-0.3, -0.25) is 14.9 Å². The molecule has 1 N–H and O–H groups in total. The Hall–Kier alpha value is -2.16. The largest absolute Gasteiger partial charge is 0.477 e. The standard InChI is InChI=1S/C15H13IN2O4/c1-10-8-11(16)6-7-12(10)17-15(19)9-22-14-5-3-2-4-13(14)18(20)21/h2-8H,9H2,1H3,(H,17,19). The second-order valence-electron chi connectivity index (χ2n) is 4.52. The van der Waals surface area contributed by atoms with Crippen LogP contribution in [0.15, 0.2) is 42.5 Å². The third kappa shape index (κ3) is 4.17. The van der Waals surface area contributed by atoms with Crippen molar-refractivity contribution in [1.29, 1.82) is 0 Å². The number of carbonyl (C=O) groups excluding carboxylic acids is 1. The molecule has 22 heavy (non-hydrogen) atoms. The van der Waals surface area contributed by atoms with Crippen LogP contribution in [0.2, 0.25) is 0 Å². The summed E-state index contributed by atoms with van der Waals surface area (Å²) in [5.41, 5.74) is 1.46. The number of carbonyl (C=O) groups is 1. The van der Waals surface area contributed by atoms with Crippen LogP contribution in [0.25, 0.3) is 0 Å². The molecule has 0 bridgehead atoms. The molecule has 0 aromatic heterocycles. The zero-order valence-corrected chi connectivity index (χ0v) is 13.9. The molecule has 0 saturated carbocycles. The highest BCUT2D eigenvalue weighted by molar-refractivity contribution is 14.1. The molecule has 0 fully saturated rings. The average molecular weight is 412 g/mol. The van der Waals surface area contributed by atoms with E-state index in [2.05, 4.69) is 27.9 Å². The topological polar surface area (TPSA) is 81.5 Å². The Balaban J connectivity index is 2.00. The minimum absolute atomic E-state index is 0.0713. The number of aryl methyl sites for hydroxylation is 1. The van der Waals surface area contributed by atoms with Gasteiger partial charge in [-0.25, -0.2) is 0 Å². The van der Waals surface area contributed by atoms with E-state index >= 15 is 0 Å². The summed E-state index contributed by atoms with van der Waals surface area (Å²) in [6.07, 6.45) is 0. The molecule has 0 spiro atoms. The number of para-hydroxylation sites is 2. The molecule has 2 rings (SSSR count). The van der Waals surface area contributed by atoms with Gasteiger partial charge in [0.05, 0.1) is 4.92 Å². The van der Waals surface area contributed by atoms with E-state index in [1.54, 1.807) is 18.2 Å². The fourth-order valence-corrected chi connectivity index (χ4v) is 2.47. The number of benzene rings is 2. The van der Waals surface area contributed by atoms with Gasteiger partial charge in [-0.15, -0.1) is 0 Å². The Morgan fingerprint density at radius 3 is 2.73 bits per heavy atom. The maximum absolute atomic E-state index is 11.9. The number of anilines is 1. The fourth-order valence-electron chi connectivity index (χ4n) is 1.83. The lowest BCUT2D eigenvalue weighted by atomic mass is 10.2. The summed E-state index contributed by atoms with van der Waals surface area (Å²) in [5, 5.41) is 13.6. The van der Waals surface area contributed by atoms with Crippen molar-refractivity contribution in [2.24, 2.45) is 0 Å². The molecular formula is C15H13IN2O4. The fraction of sp³-hybridized carbons (Fsp3) is 0.133. The van der Waals surface area contributed by atoms with Gasteiger partial charge in [0.25, 0.3) is 5.91 Å². The Morgan fingerprint density at radius 1 is 1.32 bits per heavy atom. The number of halogens is 1. The first-order chi connectivity index (χ1) is 10.5. The number of rotatable bonds is 5. The first-order valence-corrected chi connectivity index (χ1v) is 7.47. The Kier molecular flexibility index (Phi) is 5.31. The molecule has 0 saturated heterocycles. The molecule has 0 atom stereocenters. The molecule has 114 valence electrons. The lowest BCUT2D eigenvalue weighted by Crippen LogP contribution is -2.21. The van der Waals surface area contributed by atoms with Crippen LogP contribution in [0.4, 0.5) is 11.4 Å². The second-order valence-corrected chi connectivity index (χ2v) is 5.77. The molecule has 0 radical (unpaired) electrons. The number of nitro benzene ring substituents is 1. The SMILES string of the molecule is Cc1cc(I)ccc1NC(=O)COc1ccccc1[N+](=O)[O-]. The number of ether oxygens (including phenoxy) is 1. The van der Waals surface area contributed by atoms with Crippen molar-refractivity contribution in [3.8, 4) is 5.75 Å². The van der Waals surface area contributed by atoms with E-state index in [1.165, 1.54) is 12.1 Å². The van der Waals surface area contributed by atoms with Crippen LogP contribution in [0, 0.1) is 20.6 Å². The van der Waals surface area contributed by atoms with Gasteiger partial charge in [0.1, 0.15) is 0 Å². The molecule has 0 aliphatic carbocycles. The van der Waals surface area contributed by atoms with Crippen molar-refractivity contribution in [2.75, 3.05) is 11.9 Å². The lowest BCUT2D eigenvalue weighted by Gasteiger charge is -2.10. The predicted octanol–water partition coefficient (Wildman–Crippen LogP) is 3.53. The summed E-state index contributed by atoms with van der Waals surface area (Å²) in [6, 6.07) is 11.6. The summed E-state index contributed by atoms with van der Waals surface area (Å²) in [7, 11) is 0. The van der Waals surface area contributed by atoms with Gasteiger partial charge in [0.15, 0.2) is 12.4 Å². The Bertz CT molecular complexity index is 718. The van der Waals surface area contributed by atoms with Crippen LogP contribution in [-0.2, 0) is 4.79 Å². The summed E-state index contributed by atoms with van der Waals surface area (Å²) in [5.74, 6) is -0.301. The summed E-state index contributed by atoms with van der Waals surface area (Å²) >= 11 is 2.19. The molecule has 0 aliphatic rings. The molecular weight excluding hydrogens is 399 g/mol. The third-order valence-electron chi connectivity index (χ3n) is 2.88. The smallest absolute Gasteiger partial charge is 0.310 e. The number of nitro groups is 1. The number of nitrogens with one attached hydrogen (secondary N) is 1. The van der Waals surface area contributed by atoms with Crippen molar-refractivity contribution in [1.82, 2.24) is 0 Å². The van der Waals surface area contributed by atoms with E-state index in [1.807, 2.05) is 19.1 Å².